The molecule has 1 aliphatic heterocycles. The van der Waals surface area contributed by atoms with Crippen molar-refractivity contribution in [1.82, 2.24) is 29.8 Å². The lowest BCUT2D eigenvalue weighted by Gasteiger charge is -2.25. The van der Waals surface area contributed by atoms with Gasteiger partial charge in [0.2, 0.25) is 0 Å². The average Bonchev–Trinajstić information content (AvgIpc) is 3.30. The predicted molar refractivity (Wildman–Crippen MR) is 130 cm³/mol. The van der Waals surface area contributed by atoms with Crippen LogP contribution in [0.3, 0.4) is 0 Å². The summed E-state index contributed by atoms with van der Waals surface area (Å²) in [6.45, 7) is 5.14. The summed E-state index contributed by atoms with van der Waals surface area (Å²) in [5.74, 6) is 0.693. The van der Waals surface area contributed by atoms with Gasteiger partial charge in [0, 0.05) is 18.4 Å². The van der Waals surface area contributed by atoms with Gasteiger partial charge in [-0.3, -0.25) is 9.88 Å². The Bertz CT molecular complexity index is 1040. The minimum absolute atomic E-state index is 0.226. The van der Waals surface area contributed by atoms with Gasteiger partial charge in [-0.05, 0) is 64.6 Å². The van der Waals surface area contributed by atoms with Gasteiger partial charge in [0.15, 0.2) is 10.9 Å². The number of hydrogen-bond acceptors (Lipinski definition) is 9. The molecule has 0 radical (unpaired) electrons. The summed E-state index contributed by atoms with van der Waals surface area (Å²) in [7, 11) is 0. The van der Waals surface area contributed by atoms with Gasteiger partial charge in [-0.1, -0.05) is 24.2 Å². The molecule has 1 saturated heterocycles. The van der Waals surface area contributed by atoms with Crippen molar-refractivity contribution in [2.45, 2.75) is 70.9 Å². The second-order valence-corrected chi connectivity index (χ2v) is 9.97. The zero-order valence-electron chi connectivity index (χ0n) is 19.2. The number of nitrogens with one attached hydrogen (secondary N) is 1. The molecule has 0 aromatic carbocycles. The minimum atomic E-state index is 0.226. The normalized spacial score (nSPS) is 17.7. The van der Waals surface area contributed by atoms with Crippen LogP contribution in [0.15, 0.2) is 24.7 Å². The van der Waals surface area contributed by atoms with Crippen molar-refractivity contribution in [3.05, 3.63) is 36.0 Å². The van der Waals surface area contributed by atoms with E-state index in [0.717, 1.165) is 59.6 Å². The third kappa shape index (κ3) is 6.03. The van der Waals surface area contributed by atoms with Crippen molar-refractivity contribution in [1.29, 1.82) is 0 Å². The van der Waals surface area contributed by atoms with Crippen LogP contribution >= 0.6 is 11.3 Å². The van der Waals surface area contributed by atoms with Crippen molar-refractivity contribution in [2.24, 2.45) is 0 Å². The summed E-state index contributed by atoms with van der Waals surface area (Å²) >= 11 is 1.53. The third-order valence-corrected chi connectivity index (χ3v) is 7.13. The molecule has 1 N–H and O–H groups in total. The van der Waals surface area contributed by atoms with Gasteiger partial charge in [-0.15, -0.1) is 0 Å². The lowest BCUT2D eigenvalue weighted by atomic mass is 9.98. The number of rotatable bonds is 7. The molecule has 0 bridgehead atoms. The molecular weight excluding hydrogens is 434 g/mol. The van der Waals surface area contributed by atoms with Crippen molar-refractivity contribution in [3.63, 3.8) is 0 Å². The number of thiazole rings is 1. The first kappa shape index (κ1) is 22.2. The maximum atomic E-state index is 6.09. The molecule has 1 aliphatic carbocycles. The molecular formula is C24H31N7OS. The molecule has 0 spiro atoms. The Morgan fingerprint density at radius 2 is 1.79 bits per heavy atom. The highest BCUT2D eigenvalue weighted by Crippen LogP contribution is 2.31. The van der Waals surface area contributed by atoms with Crippen LogP contribution in [-0.4, -0.2) is 49.0 Å². The summed E-state index contributed by atoms with van der Waals surface area (Å²) < 4.78 is 6.09. The van der Waals surface area contributed by atoms with E-state index in [1.807, 2.05) is 25.4 Å². The fraction of sp³-hybridized carbons (Fsp3) is 0.542. The molecule has 4 heterocycles. The molecule has 3 aromatic heterocycles. The smallest absolute Gasteiger partial charge is 0.317 e. The monoisotopic (exact) mass is 465 g/mol. The van der Waals surface area contributed by atoms with Gasteiger partial charge in [0.05, 0.1) is 28.7 Å². The highest BCUT2D eigenvalue weighted by atomic mass is 32.1. The number of ether oxygens (including phenoxy) is 1. The Hall–Kier alpha value is -2.65. The molecule has 5 rings (SSSR count). The summed E-state index contributed by atoms with van der Waals surface area (Å²) in [6.07, 6.45) is 15.5. The number of aryl methyl sites for hydroxylation is 1. The van der Waals surface area contributed by atoms with E-state index in [4.69, 9.17) is 4.74 Å². The Morgan fingerprint density at radius 3 is 2.58 bits per heavy atom. The largest absolute Gasteiger partial charge is 0.460 e. The highest BCUT2D eigenvalue weighted by molar-refractivity contribution is 7.18. The number of piperidine rings is 1. The van der Waals surface area contributed by atoms with Gasteiger partial charge in [0.25, 0.3) is 0 Å². The van der Waals surface area contributed by atoms with E-state index in [9.17, 15) is 0 Å². The molecule has 9 heteroatoms. The molecule has 0 unspecified atom stereocenters. The van der Waals surface area contributed by atoms with Crippen LogP contribution in [0.2, 0.25) is 0 Å². The van der Waals surface area contributed by atoms with Gasteiger partial charge >= 0.3 is 6.01 Å². The van der Waals surface area contributed by atoms with E-state index in [0.29, 0.717) is 11.8 Å². The van der Waals surface area contributed by atoms with Crippen molar-refractivity contribution in [2.75, 3.05) is 18.4 Å². The summed E-state index contributed by atoms with van der Waals surface area (Å²) in [5, 5.41) is 4.02. The van der Waals surface area contributed by atoms with Crippen molar-refractivity contribution in [3.8, 4) is 16.6 Å². The first-order valence-corrected chi connectivity index (χ1v) is 12.8. The van der Waals surface area contributed by atoms with E-state index in [2.05, 4.69) is 35.1 Å². The molecule has 0 amide bonds. The van der Waals surface area contributed by atoms with Crippen molar-refractivity contribution >= 4 is 22.3 Å². The van der Waals surface area contributed by atoms with Gasteiger partial charge < -0.3 is 10.1 Å². The van der Waals surface area contributed by atoms with Gasteiger partial charge in [-0.2, -0.15) is 4.98 Å². The van der Waals surface area contributed by atoms with E-state index in [1.54, 1.807) is 6.20 Å². The second-order valence-electron chi connectivity index (χ2n) is 8.94. The highest BCUT2D eigenvalue weighted by Gasteiger charge is 2.18. The van der Waals surface area contributed by atoms with E-state index >= 15 is 0 Å². The summed E-state index contributed by atoms with van der Waals surface area (Å²) in [6, 6.07) is 2.44. The Labute approximate surface area is 198 Å². The predicted octanol–water partition coefficient (Wildman–Crippen LogP) is 5.14. The van der Waals surface area contributed by atoms with Crippen LogP contribution < -0.4 is 10.1 Å². The topological polar surface area (TPSA) is 89.0 Å². The van der Waals surface area contributed by atoms with E-state index in [-0.39, 0.29) is 6.10 Å². The fourth-order valence-electron chi connectivity index (χ4n) is 4.46. The number of likely N-dealkylation sites (tertiary alicyclic amines) is 1. The average molecular weight is 466 g/mol. The minimum Gasteiger partial charge on any atom is -0.460 e. The Morgan fingerprint density at radius 1 is 0.970 bits per heavy atom. The van der Waals surface area contributed by atoms with E-state index < -0.39 is 0 Å². The quantitative estimate of drug-likeness (QED) is 0.513. The number of hydrogen-bond donors (Lipinski definition) is 1. The standard InChI is InChI=1S/C24H31N7OS/c1-17-12-20(29-23(28-17)32-19-8-4-2-5-9-19)21-14-27-24(33-21)30-22-15-25-18(13-26-22)16-31-10-6-3-7-11-31/h12-15,19H,2-11,16H2,1H3,(H,26,27,30). The molecule has 8 nitrogen and oxygen atoms in total. The first-order valence-electron chi connectivity index (χ1n) is 12.0. The lowest BCUT2D eigenvalue weighted by Crippen LogP contribution is -2.29. The second kappa shape index (κ2) is 10.5. The molecule has 2 aliphatic rings. The molecule has 1 saturated carbocycles. The number of anilines is 2. The first-order chi connectivity index (χ1) is 16.2. The summed E-state index contributed by atoms with van der Waals surface area (Å²) in [5.41, 5.74) is 2.73. The Balaban J connectivity index is 1.22. The maximum Gasteiger partial charge on any atom is 0.317 e. The zero-order valence-corrected chi connectivity index (χ0v) is 20.0. The van der Waals surface area contributed by atoms with Crippen LogP contribution in [0, 0.1) is 6.92 Å². The van der Waals surface area contributed by atoms with Gasteiger partial charge in [-0.25, -0.2) is 15.0 Å². The third-order valence-electron chi connectivity index (χ3n) is 6.19. The number of nitrogens with zero attached hydrogens (tertiary/aromatic N) is 6. The maximum absolute atomic E-state index is 6.09. The van der Waals surface area contributed by atoms with Gasteiger partial charge in [0.1, 0.15) is 6.10 Å². The van der Waals surface area contributed by atoms with Crippen LogP contribution in [0.4, 0.5) is 10.9 Å². The van der Waals surface area contributed by atoms with Crippen LogP contribution in [0.1, 0.15) is 62.8 Å². The molecule has 3 aromatic rings. The molecule has 174 valence electrons. The van der Waals surface area contributed by atoms with Crippen LogP contribution in [0.5, 0.6) is 6.01 Å². The van der Waals surface area contributed by atoms with Crippen molar-refractivity contribution < 1.29 is 4.74 Å². The SMILES string of the molecule is Cc1cc(-c2cnc(Nc3cnc(CN4CCCCC4)cn3)s2)nc(OC2CCCCC2)n1. The Kier molecular flexibility index (Phi) is 7.06. The van der Waals surface area contributed by atoms with E-state index in [1.165, 1.54) is 49.9 Å². The molecule has 2 fully saturated rings. The zero-order chi connectivity index (χ0) is 22.5. The molecule has 33 heavy (non-hydrogen) atoms. The summed E-state index contributed by atoms with van der Waals surface area (Å²) in [4.78, 5) is 26.2. The molecule has 0 atom stereocenters. The lowest BCUT2D eigenvalue weighted by molar-refractivity contribution is 0.142. The van der Waals surface area contributed by atoms with Crippen LogP contribution in [0.25, 0.3) is 10.6 Å². The fourth-order valence-corrected chi connectivity index (χ4v) is 5.24. The van der Waals surface area contributed by atoms with Crippen LogP contribution in [-0.2, 0) is 6.54 Å². The number of aromatic nitrogens is 5.